The fraction of sp³-hybridized carbons (Fsp3) is 0.381. The van der Waals surface area contributed by atoms with Crippen LogP contribution in [0, 0.1) is 12.8 Å². The summed E-state index contributed by atoms with van der Waals surface area (Å²) in [5, 5.41) is 7.89. The van der Waals surface area contributed by atoms with E-state index in [0.29, 0.717) is 36.3 Å². The van der Waals surface area contributed by atoms with Gasteiger partial charge in [0.2, 0.25) is 26.0 Å². The zero-order valence-electron chi connectivity index (χ0n) is 17.9. The SMILES string of the molecule is COc1ccc(S(=O)(=O)N2CCC[C@H](C(=O)NCc3ccc(S(N)(=O)=O)cc3)C2)cc1C. The molecule has 0 radical (unpaired) electrons. The summed E-state index contributed by atoms with van der Waals surface area (Å²) < 4.78 is 55.4. The third kappa shape index (κ3) is 5.47. The van der Waals surface area contributed by atoms with E-state index in [1.54, 1.807) is 31.2 Å². The molecule has 1 amide bonds. The molecule has 0 unspecified atom stereocenters. The van der Waals surface area contributed by atoms with E-state index in [-0.39, 0.29) is 28.8 Å². The molecular formula is C21H27N3O6S2. The molecule has 3 rings (SSSR count). The number of primary sulfonamides is 1. The van der Waals surface area contributed by atoms with E-state index in [4.69, 9.17) is 9.88 Å². The van der Waals surface area contributed by atoms with Gasteiger partial charge >= 0.3 is 0 Å². The number of methoxy groups -OCH3 is 1. The molecule has 9 nitrogen and oxygen atoms in total. The van der Waals surface area contributed by atoms with E-state index < -0.39 is 26.0 Å². The van der Waals surface area contributed by atoms with Gasteiger partial charge in [0.25, 0.3) is 0 Å². The Hall–Kier alpha value is -2.47. The Morgan fingerprint density at radius 1 is 1.12 bits per heavy atom. The number of nitrogens with two attached hydrogens (primary N) is 1. The van der Waals surface area contributed by atoms with Crippen molar-refractivity contribution in [1.29, 1.82) is 0 Å². The van der Waals surface area contributed by atoms with Crippen molar-refractivity contribution in [1.82, 2.24) is 9.62 Å². The van der Waals surface area contributed by atoms with Gasteiger partial charge in [-0.15, -0.1) is 0 Å². The van der Waals surface area contributed by atoms with Crippen molar-refractivity contribution in [3.8, 4) is 5.75 Å². The number of carbonyl (C=O) groups is 1. The first kappa shape index (κ1) is 24.2. The summed E-state index contributed by atoms with van der Waals surface area (Å²) >= 11 is 0. The fourth-order valence-electron chi connectivity index (χ4n) is 3.67. The van der Waals surface area contributed by atoms with Crippen LogP contribution in [0.4, 0.5) is 0 Å². The standard InChI is InChI=1S/C21H27N3O6S2/c1-15-12-19(9-10-20(15)30-2)32(28,29)24-11-3-4-17(14-24)21(25)23-13-16-5-7-18(8-6-16)31(22,26)27/h5-10,12,17H,3-4,11,13-14H2,1-2H3,(H,23,25)(H2,22,26,27)/t17-/m0/s1. The Morgan fingerprint density at radius 3 is 2.38 bits per heavy atom. The van der Waals surface area contributed by atoms with Gasteiger partial charge in [-0.3, -0.25) is 4.79 Å². The van der Waals surface area contributed by atoms with Gasteiger partial charge in [-0.25, -0.2) is 22.0 Å². The molecule has 2 aromatic rings. The number of hydrogen-bond acceptors (Lipinski definition) is 6. The van der Waals surface area contributed by atoms with Crippen molar-refractivity contribution in [2.24, 2.45) is 11.1 Å². The molecule has 1 saturated heterocycles. The van der Waals surface area contributed by atoms with E-state index in [9.17, 15) is 21.6 Å². The predicted octanol–water partition coefficient (Wildman–Crippen LogP) is 1.37. The second-order valence-electron chi connectivity index (χ2n) is 7.74. The summed E-state index contributed by atoms with van der Waals surface area (Å²) in [5.41, 5.74) is 1.42. The van der Waals surface area contributed by atoms with Crippen LogP contribution in [0.3, 0.4) is 0 Å². The zero-order chi connectivity index (χ0) is 23.5. The number of hydrogen-bond donors (Lipinski definition) is 2. The van der Waals surface area contributed by atoms with Crippen LogP contribution in [0.5, 0.6) is 5.75 Å². The number of nitrogens with zero attached hydrogens (tertiary/aromatic N) is 1. The van der Waals surface area contributed by atoms with E-state index in [2.05, 4.69) is 5.32 Å². The van der Waals surface area contributed by atoms with Crippen molar-refractivity contribution in [3.63, 3.8) is 0 Å². The Kier molecular flexibility index (Phi) is 7.23. The molecule has 0 aliphatic carbocycles. The smallest absolute Gasteiger partial charge is 0.243 e. The number of amides is 1. The average molecular weight is 482 g/mol. The van der Waals surface area contributed by atoms with Gasteiger partial charge < -0.3 is 10.1 Å². The molecule has 0 bridgehead atoms. The molecule has 3 N–H and O–H groups in total. The minimum Gasteiger partial charge on any atom is -0.496 e. The predicted molar refractivity (Wildman–Crippen MR) is 119 cm³/mol. The summed E-state index contributed by atoms with van der Waals surface area (Å²) in [5.74, 6) is -0.107. The fourth-order valence-corrected chi connectivity index (χ4v) is 5.79. The second-order valence-corrected chi connectivity index (χ2v) is 11.2. The monoisotopic (exact) mass is 481 g/mol. The van der Waals surface area contributed by atoms with Gasteiger partial charge in [0.1, 0.15) is 5.75 Å². The number of rotatable bonds is 7. The number of benzene rings is 2. The third-order valence-corrected chi connectivity index (χ3v) is 8.27. The lowest BCUT2D eigenvalue weighted by molar-refractivity contribution is -0.126. The molecule has 1 heterocycles. The lowest BCUT2D eigenvalue weighted by Gasteiger charge is -2.31. The number of ether oxygens (including phenoxy) is 1. The van der Waals surface area contributed by atoms with Gasteiger partial charge in [-0.05, 0) is 61.2 Å². The summed E-state index contributed by atoms with van der Waals surface area (Å²) in [4.78, 5) is 12.8. The minimum absolute atomic E-state index is 0.00512. The summed E-state index contributed by atoms with van der Waals surface area (Å²) in [6, 6.07) is 10.6. The molecule has 32 heavy (non-hydrogen) atoms. The molecule has 11 heteroatoms. The maximum atomic E-state index is 13.1. The zero-order valence-corrected chi connectivity index (χ0v) is 19.6. The highest BCUT2D eigenvalue weighted by molar-refractivity contribution is 7.89. The quantitative estimate of drug-likeness (QED) is 0.613. The largest absolute Gasteiger partial charge is 0.496 e. The Bertz CT molecular complexity index is 1190. The summed E-state index contributed by atoms with van der Waals surface area (Å²) in [6.45, 7) is 2.43. The molecule has 1 fully saturated rings. The maximum Gasteiger partial charge on any atom is 0.243 e. The van der Waals surface area contributed by atoms with Gasteiger partial charge in [-0.1, -0.05) is 12.1 Å². The lowest BCUT2D eigenvalue weighted by Crippen LogP contribution is -2.45. The van der Waals surface area contributed by atoms with Crippen LogP contribution >= 0.6 is 0 Å². The first-order valence-corrected chi connectivity index (χ1v) is 13.1. The molecule has 0 saturated carbocycles. The van der Waals surface area contributed by atoms with Crippen molar-refractivity contribution >= 4 is 26.0 Å². The van der Waals surface area contributed by atoms with Crippen LogP contribution in [0.15, 0.2) is 52.3 Å². The molecule has 0 aromatic heterocycles. The highest BCUT2D eigenvalue weighted by atomic mass is 32.2. The molecule has 1 atom stereocenters. The van der Waals surface area contributed by atoms with E-state index in [0.717, 1.165) is 0 Å². The van der Waals surface area contributed by atoms with E-state index >= 15 is 0 Å². The van der Waals surface area contributed by atoms with E-state index in [1.807, 2.05) is 0 Å². The first-order valence-electron chi connectivity index (χ1n) is 10.1. The Labute approximate surface area is 188 Å². The topological polar surface area (TPSA) is 136 Å². The minimum atomic E-state index is -3.77. The van der Waals surface area contributed by atoms with Crippen molar-refractivity contribution in [2.75, 3.05) is 20.2 Å². The molecular weight excluding hydrogens is 454 g/mol. The van der Waals surface area contributed by atoms with Crippen LogP contribution in [0.1, 0.15) is 24.0 Å². The van der Waals surface area contributed by atoms with Crippen molar-refractivity contribution in [2.45, 2.75) is 36.1 Å². The Morgan fingerprint density at radius 2 is 1.78 bits per heavy atom. The van der Waals surface area contributed by atoms with Gasteiger partial charge in [0, 0.05) is 19.6 Å². The average Bonchev–Trinajstić information content (AvgIpc) is 2.77. The second kappa shape index (κ2) is 9.57. The number of piperidine rings is 1. The van der Waals surface area contributed by atoms with Crippen LogP contribution in [0.2, 0.25) is 0 Å². The molecule has 174 valence electrons. The normalized spacial score (nSPS) is 17.7. The van der Waals surface area contributed by atoms with Crippen LogP contribution in [-0.2, 0) is 31.4 Å². The number of nitrogens with one attached hydrogen (secondary N) is 1. The number of carbonyl (C=O) groups excluding carboxylic acids is 1. The maximum absolute atomic E-state index is 13.1. The van der Waals surface area contributed by atoms with Gasteiger partial charge in [-0.2, -0.15) is 4.31 Å². The molecule has 0 spiro atoms. The van der Waals surface area contributed by atoms with Crippen LogP contribution < -0.4 is 15.2 Å². The highest BCUT2D eigenvalue weighted by Gasteiger charge is 2.33. The van der Waals surface area contributed by atoms with Gasteiger partial charge in [0.05, 0.1) is 22.8 Å². The molecule has 2 aromatic carbocycles. The molecule has 1 aliphatic heterocycles. The van der Waals surface area contributed by atoms with Gasteiger partial charge in [0.15, 0.2) is 0 Å². The van der Waals surface area contributed by atoms with Crippen molar-refractivity contribution in [3.05, 3.63) is 53.6 Å². The molecule has 1 aliphatic rings. The lowest BCUT2D eigenvalue weighted by atomic mass is 9.99. The van der Waals surface area contributed by atoms with E-state index in [1.165, 1.54) is 29.6 Å². The highest BCUT2D eigenvalue weighted by Crippen LogP contribution is 2.27. The van der Waals surface area contributed by atoms with Crippen LogP contribution in [-0.4, -0.2) is 47.2 Å². The summed E-state index contributed by atoms with van der Waals surface area (Å²) in [6.07, 6.45) is 1.17. The number of sulfonamides is 2. The Balaban J connectivity index is 1.64. The number of aryl methyl sites for hydroxylation is 1. The summed E-state index contributed by atoms with van der Waals surface area (Å²) in [7, 11) is -5.98. The van der Waals surface area contributed by atoms with Crippen LogP contribution in [0.25, 0.3) is 0 Å². The van der Waals surface area contributed by atoms with Crippen molar-refractivity contribution < 1.29 is 26.4 Å². The first-order chi connectivity index (χ1) is 15.0. The third-order valence-electron chi connectivity index (χ3n) is 5.48.